The van der Waals surface area contributed by atoms with Crippen LogP contribution in [0.25, 0.3) is 44.9 Å². The molecule has 1 aromatic carbocycles. The zero-order chi connectivity index (χ0) is 22.3. The minimum atomic E-state index is -0.965. The van der Waals surface area contributed by atoms with Crippen molar-refractivity contribution in [3.63, 3.8) is 0 Å². The van der Waals surface area contributed by atoms with Gasteiger partial charge >= 0.3 is 0 Å². The third-order valence-corrected chi connectivity index (χ3v) is 4.96. The molecule has 0 bridgehead atoms. The maximum absolute atomic E-state index is 13.5. The summed E-state index contributed by atoms with van der Waals surface area (Å²) < 4.78 is 21.2. The highest BCUT2D eigenvalue weighted by Crippen LogP contribution is 2.36. The second kappa shape index (κ2) is 7.65. The van der Waals surface area contributed by atoms with Gasteiger partial charge in [0.2, 0.25) is 5.71 Å². The summed E-state index contributed by atoms with van der Waals surface area (Å²) in [6, 6.07) is 11.7. The standard InChI is InChI=1S/C24H20FN5O2/c1-24(2,31)13-30-12-19(21(29-30)15-5-7-17(25)8-6-15)22-18-10-20(16-4-3-9-26-11-16)32-23(18)28-14-27-22/h3-12,14,31H,13H2,1-2H3. The molecule has 5 aromatic rings. The van der Waals surface area contributed by atoms with Crippen LogP contribution in [0.3, 0.4) is 0 Å². The summed E-state index contributed by atoms with van der Waals surface area (Å²) in [5.74, 6) is 0.300. The third-order valence-electron chi connectivity index (χ3n) is 4.96. The van der Waals surface area contributed by atoms with E-state index in [1.165, 1.54) is 18.5 Å². The first kappa shape index (κ1) is 20.0. The minimum Gasteiger partial charge on any atom is -0.438 e. The van der Waals surface area contributed by atoms with E-state index in [-0.39, 0.29) is 12.4 Å². The van der Waals surface area contributed by atoms with Crippen LogP contribution >= 0.6 is 0 Å². The molecular weight excluding hydrogens is 409 g/mol. The molecule has 7 nitrogen and oxygen atoms in total. The number of benzene rings is 1. The molecule has 5 rings (SSSR count). The van der Waals surface area contributed by atoms with Crippen molar-refractivity contribution in [2.24, 2.45) is 0 Å². The normalized spacial score (nSPS) is 11.9. The van der Waals surface area contributed by atoms with Gasteiger partial charge < -0.3 is 9.52 Å². The number of pyridine rings is 1. The van der Waals surface area contributed by atoms with Gasteiger partial charge in [0, 0.05) is 35.3 Å². The minimum absolute atomic E-state index is 0.280. The van der Waals surface area contributed by atoms with Crippen LogP contribution < -0.4 is 0 Å². The lowest BCUT2D eigenvalue weighted by atomic mass is 10.0. The zero-order valence-corrected chi connectivity index (χ0v) is 17.5. The largest absolute Gasteiger partial charge is 0.438 e. The van der Waals surface area contributed by atoms with Gasteiger partial charge in [0.15, 0.2) is 0 Å². The van der Waals surface area contributed by atoms with Crippen LogP contribution in [-0.4, -0.2) is 35.4 Å². The maximum Gasteiger partial charge on any atom is 0.230 e. The summed E-state index contributed by atoms with van der Waals surface area (Å²) in [5, 5.41) is 15.7. The van der Waals surface area contributed by atoms with Gasteiger partial charge in [-0.05, 0) is 56.3 Å². The van der Waals surface area contributed by atoms with Gasteiger partial charge in [0.1, 0.15) is 23.6 Å². The van der Waals surface area contributed by atoms with Crippen LogP contribution in [0.15, 0.2) is 71.8 Å². The van der Waals surface area contributed by atoms with E-state index in [2.05, 4.69) is 20.1 Å². The van der Waals surface area contributed by atoms with Crippen molar-refractivity contribution in [2.75, 3.05) is 0 Å². The highest BCUT2D eigenvalue weighted by molar-refractivity contribution is 5.95. The van der Waals surface area contributed by atoms with Gasteiger partial charge in [0.05, 0.1) is 23.2 Å². The second-order valence-electron chi connectivity index (χ2n) is 8.20. The Morgan fingerprint density at radius 1 is 1.06 bits per heavy atom. The molecule has 0 aliphatic carbocycles. The van der Waals surface area contributed by atoms with Crippen molar-refractivity contribution < 1.29 is 13.9 Å². The molecule has 0 fully saturated rings. The molecule has 4 aromatic heterocycles. The number of hydrogen-bond acceptors (Lipinski definition) is 6. The molecule has 160 valence electrons. The number of hydrogen-bond donors (Lipinski definition) is 1. The Kier molecular flexibility index (Phi) is 4.79. The lowest BCUT2D eigenvalue weighted by Crippen LogP contribution is -2.26. The first-order valence-electron chi connectivity index (χ1n) is 10.1. The number of aromatic nitrogens is 5. The SMILES string of the molecule is CC(C)(O)Cn1cc(-c2ncnc3oc(-c4cccnc4)cc23)c(-c2ccc(F)cc2)n1. The van der Waals surface area contributed by atoms with E-state index in [9.17, 15) is 9.50 Å². The van der Waals surface area contributed by atoms with E-state index in [0.717, 1.165) is 22.1 Å². The predicted molar refractivity (Wildman–Crippen MR) is 118 cm³/mol. The van der Waals surface area contributed by atoms with Gasteiger partial charge in [0.25, 0.3) is 0 Å². The Morgan fingerprint density at radius 3 is 2.59 bits per heavy atom. The van der Waals surface area contributed by atoms with Gasteiger partial charge in [-0.3, -0.25) is 9.67 Å². The maximum atomic E-state index is 13.5. The number of aliphatic hydroxyl groups is 1. The van der Waals surface area contributed by atoms with Gasteiger partial charge in [-0.1, -0.05) is 0 Å². The lowest BCUT2D eigenvalue weighted by Gasteiger charge is -2.16. The Labute approximate surface area is 183 Å². The molecule has 4 heterocycles. The molecule has 0 saturated carbocycles. The molecule has 0 aliphatic heterocycles. The molecule has 0 aliphatic rings. The fourth-order valence-electron chi connectivity index (χ4n) is 3.61. The van der Waals surface area contributed by atoms with Crippen molar-refractivity contribution in [2.45, 2.75) is 26.0 Å². The predicted octanol–water partition coefficient (Wildman–Crippen LogP) is 4.73. The number of fused-ring (bicyclic) bond motifs is 1. The van der Waals surface area contributed by atoms with Gasteiger partial charge in [-0.25, -0.2) is 14.4 Å². The number of halogens is 1. The third kappa shape index (κ3) is 3.88. The van der Waals surface area contributed by atoms with Gasteiger partial charge in [-0.15, -0.1) is 0 Å². The van der Waals surface area contributed by atoms with E-state index in [0.29, 0.717) is 22.9 Å². The van der Waals surface area contributed by atoms with E-state index < -0.39 is 5.60 Å². The van der Waals surface area contributed by atoms with E-state index in [1.807, 2.05) is 24.4 Å². The fraction of sp³-hybridized carbons (Fsp3) is 0.167. The summed E-state index contributed by atoms with van der Waals surface area (Å²) in [7, 11) is 0. The number of nitrogens with zero attached hydrogens (tertiary/aromatic N) is 5. The monoisotopic (exact) mass is 429 g/mol. The molecule has 0 atom stereocenters. The first-order valence-corrected chi connectivity index (χ1v) is 10.1. The molecule has 32 heavy (non-hydrogen) atoms. The molecule has 0 spiro atoms. The number of furan rings is 1. The average molecular weight is 429 g/mol. The molecule has 0 unspecified atom stereocenters. The average Bonchev–Trinajstić information content (AvgIpc) is 3.38. The van der Waals surface area contributed by atoms with Crippen LogP contribution in [0.2, 0.25) is 0 Å². The Morgan fingerprint density at radius 2 is 1.88 bits per heavy atom. The van der Waals surface area contributed by atoms with E-state index in [1.54, 1.807) is 43.1 Å². The van der Waals surface area contributed by atoms with Crippen molar-refractivity contribution in [3.8, 4) is 33.8 Å². The summed E-state index contributed by atoms with van der Waals surface area (Å²) in [6.07, 6.45) is 6.69. The van der Waals surface area contributed by atoms with Crippen molar-refractivity contribution in [3.05, 3.63) is 73.2 Å². The van der Waals surface area contributed by atoms with Crippen LogP contribution in [0, 0.1) is 5.82 Å². The smallest absolute Gasteiger partial charge is 0.230 e. The van der Waals surface area contributed by atoms with E-state index in [4.69, 9.17) is 4.42 Å². The molecule has 1 N–H and O–H groups in total. The summed E-state index contributed by atoms with van der Waals surface area (Å²) in [5.41, 5.74) is 3.02. The van der Waals surface area contributed by atoms with Crippen LogP contribution in [0.5, 0.6) is 0 Å². The van der Waals surface area contributed by atoms with Crippen LogP contribution in [0.1, 0.15) is 13.8 Å². The molecule has 0 radical (unpaired) electrons. The Bertz CT molecular complexity index is 1390. The van der Waals surface area contributed by atoms with Crippen molar-refractivity contribution >= 4 is 11.1 Å². The van der Waals surface area contributed by atoms with Crippen molar-refractivity contribution in [1.82, 2.24) is 24.7 Å². The Balaban J connectivity index is 1.69. The molecule has 0 amide bonds. The summed E-state index contributed by atoms with van der Waals surface area (Å²) >= 11 is 0. The Hall–Kier alpha value is -3.91. The quantitative estimate of drug-likeness (QED) is 0.435. The topological polar surface area (TPSA) is 89.9 Å². The van der Waals surface area contributed by atoms with Crippen LogP contribution in [-0.2, 0) is 6.54 Å². The fourth-order valence-corrected chi connectivity index (χ4v) is 3.61. The highest BCUT2D eigenvalue weighted by atomic mass is 19.1. The molecule has 0 saturated heterocycles. The summed E-state index contributed by atoms with van der Waals surface area (Å²) in [4.78, 5) is 12.9. The second-order valence-corrected chi connectivity index (χ2v) is 8.20. The van der Waals surface area contributed by atoms with Crippen LogP contribution in [0.4, 0.5) is 4.39 Å². The molecule has 8 heteroatoms. The van der Waals surface area contributed by atoms with E-state index >= 15 is 0 Å². The first-order chi connectivity index (χ1) is 15.4. The summed E-state index contributed by atoms with van der Waals surface area (Å²) in [6.45, 7) is 3.71. The van der Waals surface area contributed by atoms with Crippen molar-refractivity contribution in [1.29, 1.82) is 0 Å². The molecular formula is C24H20FN5O2. The lowest BCUT2D eigenvalue weighted by molar-refractivity contribution is 0.0578. The number of rotatable bonds is 5. The zero-order valence-electron chi connectivity index (χ0n) is 17.5. The van der Waals surface area contributed by atoms with Gasteiger partial charge in [-0.2, -0.15) is 5.10 Å². The highest BCUT2D eigenvalue weighted by Gasteiger charge is 2.22.